The summed E-state index contributed by atoms with van der Waals surface area (Å²) in [5.41, 5.74) is 5.83. The number of hydrogen-bond acceptors (Lipinski definition) is 2. The van der Waals surface area contributed by atoms with E-state index in [2.05, 4.69) is 20.8 Å². The lowest BCUT2D eigenvalue weighted by atomic mass is 9.82. The van der Waals surface area contributed by atoms with Crippen LogP contribution in [-0.4, -0.2) is 18.8 Å². The predicted molar refractivity (Wildman–Crippen MR) is 60.2 cm³/mol. The van der Waals surface area contributed by atoms with E-state index in [0.29, 0.717) is 6.10 Å². The van der Waals surface area contributed by atoms with Gasteiger partial charge in [0, 0.05) is 6.04 Å². The maximum absolute atomic E-state index is 5.85. The summed E-state index contributed by atoms with van der Waals surface area (Å²) in [5.74, 6) is 1.64. The lowest BCUT2D eigenvalue weighted by molar-refractivity contribution is -0.00531. The van der Waals surface area contributed by atoms with Crippen LogP contribution in [0.2, 0.25) is 0 Å². The third kappa shape index (κ3) is 3.97. The van der Waals surface area contributed by atoms with Gasteiger partial charge in [-0.3, -0.25) is 0 Å². The molecular weight excluding hydrogens is 174 g/mol. The monoisotopic (exact) mass is 199 g/mol. The number of hydrogen-bond donors (Lipinski definition) is 1. The number of ether oxygens (including phenoxy) is 1. The second-order valence-electron chi connectivity index (χ2n) is 5.04. The van der Waals surface area contributed by atoms with Gasteiger partial charge in [-0.1, -0.05) is 20.8 Å². The molecule has 0 heterocycles. The third-order valence-corrected chi connectivity index (χ3v) is 3.21. The molecule has 1 rings (SSSR count). The zero-order chi connectivity index (χ0) is 10.6. The van der Waals surface area contributed by atoms with Gasteiger partial charge in [-0.2, -0.15) is 0 Å². The summed E-state index contributed by atoms with van der Waals surface area (Å²) >= 11 is 0. The van der Waals surface area contributed by atoms with Crippen LogP contribution in [0.5, 0.6) is 0 Å². The summed E-state index contributed by atoms with van der Waals surface area (Å²) in [6.45, 7) is 7.50. The van der Waals surface area contributed by atoms with E-state index < -0.39 is 0 Å². The van der Waals surface area contributed by atoms with Gasteiger partial charge in [-0.05, 0) is 37.5 Å². The lowest BCUT2D eigenvalue weighted by Gasteiger charge is -2.31. The van der Waals surface area contributed by atoms with Crippen LogP contribution in [0.4, 0.5) is 0 Å². The van der Waals surface area contributed by atoms with Gasteiger partial charge >= 0.3 is 0 Å². The van der Waals surface area contributed by atoms with Crippen molar-refractivity contribution in [3.8, 4) is 0 Å². The molecule has 0 aromatic carbocycles. The highest BCUT2D eigenvalue weighted by Crippen LogP contribution is 2.30. The Hall–Kier alpha value is -0.0800. The molecule has 1 aliphatic carbocycles. The molecule has 0 aromatic heterocycles. The molecule has 0 aliphatic heterocycles. The van der Waals surface area contributed by atoms with E-state index in [1.165, 1.54) is 19.3 Å². The van der Waals surface area contributed by atoms with Crippen LogP contribution in [0.15, 0.2) is 0 Å². The molecule has 84 valence electrons. The van der Waals surface area contributed by atoms with Gasteiger partial charge < -0.3 is 10.5 Å². The molecule has 0 saturated heterocycles. The smallest absolute Gasteiger partial charge is 0.0621 e. The van der Waals surface area contributed by atoms with Crippen LogP contribution in [0.1, 0.15) is 46.5 Å². The van der Waals surface area contributed by atoms with E-state index in [9.17, 15) is 0 Å². The fourth-order valence-electron chi connectivity index (χ4n) is 2.39. The fourth-order valence-corrected chi connectivity index (χ4v) is 2.39. The highest BCUT2D eigenvalue weighted by atomic mass is 16.5. The average molecular weight is 199 g/mol. The molecule has 0 aromatic rings. The Kier molecular flexibility index (Phi) is 4.90. The number of nitrogens with two attached hydrogens (primary N) is 1. The minimum Gasteiger partial charge on any atom is -0.377 e. The van der Waals surface area contributed by atoms with Gasteiger partial charge in [0.05, 0.1) is 12.7 Å². The van der Waals surface area contributed by atoms with Gasteiger partial charge in [0.25, 0.3) is 0 Å². The summed E-state index contributed by atoms with van der Waals surface area (Å²) in [4.78, 5) is 0. The Bertz CT molecular complexity index is 150. The highest BCUT2D eigenvalue weighted by molar-refractivity contribution is 4.75. The topological polar surface area (TPSA) is 35.2 Å². The summed E-state index contributed by atoms with van der Waals surface area (Å²) in [7, 11) is 0. The Labute approximate surface area is 88.2 Å². The highest BCUT2D eigenvalue weighted by Gasteiger charge is 2.24. The Morgan fingerprint density at radius 1 is 1.21 bits per heavy atom. The quantitative estimate of drug-likeness (QED) is 0.755. The van der Waals surface area contributed by atoms with Crippen molar-refractivity contribution in [1.82, 2.24) is 0 Å². The second kappa shape index (κ2) is 5.72. The van der Waals surface area contributed by atoms with Gasteiger partial charge in [0.15, 0.2) is 0 Å². The first-order valence-electron chi connectivity index (χ1n) is 5.99. The zero-order valence-corrected chi connectivity index (χ0v) is 9.83. The minimum absolute atomic E-state index is 0.225. The van der Waals surface area contributed by atoms with Crippen molar-refractivity contribution in [3.05, 3.63) is 0 Å². The molecule has 2 nitrogen and oxygen atoms in total. The number of rotatable bonds is 4. The summed E-state index contributed by atoms with van der Waals surface area (Å²) < 4.78 is 5.85. The molecule has 3 unspecified atom stereocenters. The lowest BCUT2D eigenvalue weighted by Crippen LogP contribution is -2.32. The normalized spacial score (nSPS) is 35.6. The van der Waals surface area contributed by atoms with E-state index in [1.54, 1.807) is 0 Å². The van der Waals surface area contributed by atoms with Crippen molar-refractivity contribution in [3.63, 3.8) is 0 Å². The Balaban J connectivity index is 2.23. The first-order chi connectivity index (χ1) is 6.61. The zero-order valence-electron chi connectivity index (χ0n) is 9.83. The van der Waals surface area contributed by atoms with Crippen LogP contribution >= 0.6 is 0 Å². The van der Waals surface area contributed by atoms with Crippen molar-refractivity contribution >= 4 is 0 Å². The standard InChI is InChI=1S/C12H25NO/c1-4-11(13)8-14-12-6-9(2)5-10(3)7-12/h9-12H,4-8,13H2,1-3H3. The van der Waals surface area contributed by atoms with Crippen LogP contribution in [-0.2, 0) is 4.74 Å². The molecule has 1 saturated carbocycles. The third-order valence-electron chi connectivity index (χ3n) is 3.21. The maximum Gasteiger partial charge on any atom is 0.0621 e. The Morgan fingerprint density at radius 3 is 2.29 bits per heavy atom. The van der Waals surface area contributed by atoms with E-state index >= 15 is 0 Å². The largest absolute Gasteiger partial charge is 0.377 e. The second-order valence-corrected chi connectivity index (χ2v) is 5.04. The summed E-state index contributed by atoms with van der Waals surface area (Å²) in [5, 5.41) is 0. The van der Waals surface area contributed by atoms with Crippen LogP contribution < -0.4 is 5.73 Å². The molecule has 0 amide bonds. The molecule has 3 atom stereocenters. The van der Waals surface area contributed by atoms with Crippen LogP contribution in [0.25, 0.3) is 0 Å². The molecule has 1 aliphatic rings. The van der Waals surface area contributed by atoms with Crippen molar-refractivity contribution in [2.24, 2.45) is 17.6 Å². The van der Waals surface area contributed by atoms with Crippen molar-refractivity contribution in [2.75, 3.05) is 6.61 Å². The van der Waals surface area contributed by atoms with Gasteiger partial charge in [-0.25, -0.2) is 0 Å². The SMILES string of the molecule is CCC(N)COC1CC(C)CC(C)C1. The average Bonchev–Trinajstić information content (AvgIpc) is 2.12. The summed E-state index contributed by atoms with van der Waals surface area (Å²) in [6, 6.07) is 0.225. The minimum atomic E-state index is 0.225. The molecule has 1 fully saturated rings. The van der Waals surface area contributed by atoms with Gasteiger partial charge in [0.2, 0.25) is 0 Å². The van der Waals surface area contributed by atoms with E-state index in [0.717, 1.165) is 24.9 Å². The van der Waals surface area contributed by atoms with Crippen LogP contribution in [0.3, 0.4) is 0 Å². The first kappa shape index (κ1) is 12.0. The van der Waals surface area contributed by atoms with Gasteiger partial charge in [0.1, 0.15) is 0 Å². The fraction of sp³-hybridized carbons (Fsp3) is 1.00. The van der Waals surface area contributed by atoms with Gasteiger partial charge in [-0.15, -0.1) is 0 Å². The Morgan fingerprint density at radius 2 is 1.79 bits per heavy atom. The van der Waals surface area contributed by atoms with E-state index in [1.807, 2.05) is 0 Å². The molecule has 14 heavy (non-hydrogen) atoms. The maximum atomic E-state index is 5.85. The van der Waals surface area contributed by atoms with Crippen molar-refractivity contribution in [2.45, 2.75) is 58.6 Å². The first-order valence-corrected chi connectivity index (χ1v) is 5.99. The van der Waals surface area contributed by atoms with Crippen molar-refractivity contribution < 1.29 is 4.74 Å². The summed E-state index contributed by atoms with van der Waals surface area (Å²) in [6.07, 6.45) is 5.28. The molecule has 0 spiro atoms. The van der Waals surface area contributed by atoms with E-state index in [4.69, 9.17) is 10.5 Å². The molecular formula is C12H25NO. The van der Waals surface area contributed by atoms with E-state index in [-0.39, 0.29) is 6.04 Å². The van der Waals surface area contributed by atoms with Crippen LogP contribution in [0, 0.1) is 11.8 Å². The molecule has 0 radical (unpaired) electrons. The molecule has 2 heteroatoms. The molecule has 2 N–H and O–H groups in total. The van der Waals surface area contributed by atoms with Crippen molar-refractivity contribution in [1.29, 1.82) is 0 Å². The predicted octanol–water partition coefficient (Wildman–Crippen LogP) is 2.57. The molecule has 0 bridgehead atoms.